The lowest BCUT2D eigenvalue weighted by Crippen LogP contribution is -2.22. The summed E-state index contributed by atoms with van der Waals surface area (Å²) in [5.41, 5.74) is 1.14. The van der Waals surface area contributed by atoms with Crippen LogP contribution >= 0.6 is 23.1 Å². The molecule has 82 valence electrons. The van der Waals surface area contributed by atoms with Crippen molar-refractivity contribution in [2.24, 2.45) is 4.99 Å². The van der Waals surface area contributed by atoms with Crippen LogP contribution in [0.15, 0.2) is 4.99 Å². The molecule has 0 fully saturated rings. The van der Waals surface area contributed by atoms with E-state index in [-0.39, 0.29) is 0 Å². The van der Waals surface area contributed by atoms with Crippen LogP contribution in [0.4, 0.5) is 0 Å². The maximum absolute atomic E-state index is 4.44. The Bertz CT molecular complexity index is 384. The maximum Gasteiger partial charge on any atom is 0.157 e. The molecule has 1 aliphatic heterocycles. The van der Waals surface area contributed by atoms with Gasteiger partial charge in [-0.3, -0.25) is 4.99 Å². The van der Waals surface area contributed by atoms with E-state index < -0.39 is 0 Å². The second kappa shape index (κ2) is 4.53. The van der Waals surface area contributed by atoms with Crippen molar-refractivity contribution in [1.82, 2.24) is 10.3 Å². The summed E-state index contributed by atoms with van der Waals surface area (Å²) in [7, 11) is 0. The second-order valence-electron chi connectivity index (χ2n) is 3.58. The summed E-state index contributed by atoms with van der Waals surface area (Å²) in [6.45, 7) is 7.23. The molecule has 0 radical (unpaired) electrons. The number of aryl methyl sites for hydroxylation is 2. The molecular formula is C10H15N3S2. The quantitative estimate of drug-likeness (QED) is 0.864. The molecule has 0 aromatic carbocycles. The number of hydrogen-bond donors (Lipinski definition) is 1. The summed E-state index contributed by atoms with van der Waals surface area (Å²) < 4.78 is 0. The average Bonchev–Trinajstić information content (AvgIpc) is 2.75. The van der Waals surface area contributed by atoms with Crippen LogP contribution in [0, 0.1) is 13.8 Å². The number of rotatable bonds is 2. The second-order valence-corrected chi connectivity index (χ2v) is 5.90. The highest BCUT2D eigenvalue weighted by Gasteiger charge is 2.15. The van der Waals surface area contributed by atoms with Crippen LogP contribution in [-0.4, -0.2) is 22.4 Å². The lowest BCUT2D eigenvalue weighted by molar-refractivity contribution is 0.730. The van der Waals surface area contributed by atoms with Crippen molar-refractivity contribution in [1.29, 1.82) is 0 Å². The normalized spacial score (nSPS) is 17.7. The Morgan fingerprint density at radius 2 is 2.20 bits per heavy atom. The third kappa shape index (κ3) is 2.52. The van der Waals surface area contributed by atoms with Gasteiger partial charge in [-0.25, -0.2) is 4.98 Å². The Hall–Kier alpha value is -0.550. The van der Waals surface area contributed by atoms with Gasteiger partial charge in [0.05, 0.1) is 23.3 Å². The standard InChI is InChI=1S/C10H15N3S2/c1-6-9(15-8(3)12-6)7(2)13-10-11-4-5-14-10/h7H,4-5H2,1-3H3,(H,11,13). The van der Waals surface area contributed by atoms with E-state index in [1.54, 1.807) is 23.1 Å². The number of nitrogens with zero attached hydrogens (tertiary/aromatic N) is 2. The molecule has 0 spiro atoms. The van der Waals surface area contributed by atoms with Gasteiger partial charge in [0.2, 0.25) is 0 Å². The topological polar surface area (TPSA) is 37.3 Å². The highest BCUT2D eigenvalue weighted by atomic mass is 32.2. The molecule has 3 nitrogen and oxygen atoms in total. The van der Waals surface area contributed by atoms with E-state index >= 15 is 0 Å². The van der Waals surface area contributed by atoms with Crippen molar-refractivity contribution in [3.8, 4) is 0 Å². The summed E-state index contributed by atoms with van der Waals surface area (Å²) in [4.78, 5) is 10.2. The lowest BCUT2D eigenvalue weighted by atomic mass is 10.2. The SMILES string of the molecule is Cc1nc(C)c(C(C)NC2=NCCS2)s1. The first-order valence-electron chi connectivity index (χ1n) is 5.04. The monoisotopic (exact) mass is 241 g/mol. The van der Waals surface area contributed by atoms with E-state index in [4.69, 9.17) is 0 Å². The Morgan fingerprint density at radius 3 is 2.73 bits per heavy atom. The highest BCUT2D eigenvalue weighted by molar-refractivity contribution is 8.14. The summed E-state index contributed by atoms with van der Waals surface area (Å²) >= 11 is 3.57. The summed E-state index contributed by atoms with van der Waals surface area (Å²) in [5, 5.41) is 5.65. The van der Waals surface area contributed by atoms with Crippen molar-refractivity contribution in [2.45, 2.75) is 26.8 Å². The van der Waals surface area contributed by atoms with Gasteiger partial charge in [0.15, 0.2) is 5.17 Å². The average molecular weight is 241 g/mol. The van der Waals surface area contributed by atoms with Crippen LogP contribution in [0.5, 0.6) is 0 Å². The molecule has 2 heterocycles. The predicted octanol–water partition coefficient (Wildman–Crippen LogP) is 2.51. The minimum atomic E-state index is 0.320. The third-order valence-corrected chi connectivity index (χ3v) is 4.42. The number of hydrogen-bond acceptors (Lipinski definition) is 5. The molecule has 1 aromatic heterocycles. The molecular weight excluding hydrogens is 226 g/mol. The molecule has 0 saturated heterocycles. The number of aliphatic imine (C=N–C) groups is 1. The van der Waals surface area contributed by atoms with Crippen molar-refractivity contribution in [3.05, 3.63) is 15.6 Å². The zero-order valence-electron chi connectivity index (χ0n) is 9.20. The van der Waals surface area contributed by atoms with E-state index in [0.29, 0.717) is 6.04 Å². The zero-order valence-corrected chi connectivity index (χ0v) is 10.8. The largest absolute Gasteiger partial charge is 0.358 e. The van der Waals surface area contributed by atoms with Crippen LogP contribution in [0.25, 0.3) is 0 Å². The van der Waals surface area contributed by atoms with Crippen LogP contribution in [0.1, 0.15) is 28.5 Å². The van der Waals surface area contributed by atoms with E-state index in [2.05, 4.69) is 36.1 Å². The lowest BCUT2D eigenvalue weighted by Gasteiger charge is -2.13. The van der Waals surface area contributed by atoms with E-state index in [9.17, 15) is 0 Å². The molecule has 1 unspecified atom stereocenters. The first kappa shape index (κ1) is 11.0. The Labute approximate surface area is 98.4 Å². The number of thioether (sulfide) groups is 1. The van der Waals surface area contributed by atoms with Crippen molar-refractivity contribution in [3.63, 3.8) is 0 Å². The summed E-state index contributed by atoms with van der Waals surface area (Å²) in [6, 6.07) is 0.320. The maximum atomic E-state index is 4.44. The number of nitrogens with one attached hydrogen (secondary N) is 1. The Kier molecular flexibility index (Phi) is 3.31. The molecule has 15 heavy (non-hydrogen) atoms. The fourth-order valence-electron chi connectivity index (χ4n) is 1.62. The zero-order chi connectivity index (χ0) is 10.8. The van der Waals surface area contributed by atoms with E-state index in [1.165, 1.54) is 4.88 Å². The fourth-order valence-corrected chi connectivity index (χ4v) is 3.37. The van der Waals surface area contributed by atoms with Gasteiger partial charge in [0.25, 0.3) is 0 Å². The molecule has 1 aliphatic rings. The molecule has 1 atom stereocenters. The minimum Gasteiger partial charge on any atom is -0.358 e. The van der Waals surface area contributed by atoms with Gasteiger partial charge in [-0.05, 0) is 20.8 Å². The molecule has 1 N–H and O–H groups in total. The molecule has 0 bridgehead atoms. The van der Waals surface area contributed by atoms with Crippen molar-refractivity contribution >= 4 is 28.3 Å². The Morgan fingerprint density at radius 1 is 1.40 bits per heavy atom. The van der Waals surface area contributed by atoms with Gasteiger partial charge in [0.1, 0.15) is 0 Å². The first-order chi connectivity index (χ1) is 7.16. The molecule has 0 amide bonds. The number of amidine groups is 1. The molecule has 0 aliphatic carbocycles. The van der Waals surface area contributed by atoms with Crippen LogP contribution in [0.3, 0.4) is 0 Å². The van der Waals surface area contributed by atoms with E-state index in [1.807, 2.05) is 0 Å². The Balaban J connectivity index is 2.07. The number of aromatic nitrogens is 1. The summed E-state index contributed by atoms with van der Waals surface area (Å²) in [6.07, 6.45) is 0. The van der Waals surface area contributed by atoms with Crippen molar-refractivity contribution in [2.75, 3.05) is 12.3 Å². The predicted molar refractivity (Wildman–Crippen MR) is 67.9 cm³/mol. The van der Waals surface area contributed by atoms with Gasteiger partial charge < -0.3 is 5.32 Å². The molecule has 2 rings (SSSR count). The third-order valence-electron chi connectivity index (χ3n) is 2.26. The molecule has 5 heteroatoms. The van der Waals surface area contributed by atoms with Gasteiger partial charge in [-0.15, -0.1) is 11.3 Å². The van der Waals surface area contributed by atoms with Crippen LogP contribution in [-0.2, 0) is 0 Å². The van der Waals surface area contributed by atoms with Gasteiger partial charge >= 0.3 is 0 Å². The smallest absolute Gasteiger partial charge is 0.157 e. The molecule has 0 saturated carbocycles. The minimum absolute atomic E-state index is 0.320. The van der Waals surface area contributed by atoms with Crippen molar-refractivity contribution < 1.29 is 0 Å². The van der Waals surface area contributed by atoms with E-state index in [0.717, 1.165) is 28.2 Å². The van der Waals surface area contributed by atoms with Gasteiger partial charge in [-0.2, -0.15) is 0 Å². The number of thiazole rings is 1. The highest BCUT2D eigenvalue weighted by Crippen LogP contribution is 2.25. The fraction of sp³-hybridized carbons (Fsp3) is 0.600. The molecule has 1 aromatic rings. The first-order valence-corrected chi connectivity index (χ1v) is 6.84. The van der Waals surface area contributed by atoms with Gasteiger partial charge in [-0.1, -0.05) is 11.8 Å². The van der Waals surface area contributed by atoms with Gasteiger partial charge in [0, 0.05) is 10.6 Å². The van der Waals surface area contributed by atoms with Crippen LogP contribution < -0.4 is 5.32 Å². The summed E-state index contributed by atoms with van der Waals surface area (Å²) in [5.74, 6) is 1.11. The van der Waals surface area contributed by atoms with Crippen LogP contribution in [0.2, 0.25) is 0 Å².